The summed E-state index contributed by atoms with van der Waals surface area (Å²) in [5.41, 5.74) is 0.840. The molecule has 7 heteroatoms. The van der Waals surface area contributed by atoms with E-state index in [1.165, 1.54) is 18.5 Å². The van der Waals surface area contributed by atoms with E-state index in [4.69, 9.17) is 5.26 Å². The van der Waals surface area contributed by atoms with Crippen LogP contribution in [0.5, 0.6) is 0 Å². The number of aromatic nitrogens is 2. The molecule has 0 unspecified atom stereocenters. The molecule has 23 heavy (non-hydrogen) atoms. The zero-order chi connectivity index (χ0) is 16.2. The summed E-state index contributed by atoms with van der Waals surface area (Å²) in [5.74, 6) is 0.198. The fraction of sp³-hybridized carbons (Fsp3) is 0.312. The number of benzene rings is 1. The summed E-state index contributed by atoms with van der Waals surface area (Å²) in [6.45, 7) is 3.83. The van der Waals surface area contributed by atoms with Crippen molar-refractivity contribution in [2.75, 3.05) is 31.1 Å². The first-order valence-electron chi connectivity index (χ1n) is 7.36. The number of anilines is 1. The van der Waals surface area contributed by atoms with Crippen LogP contribution in [-0.2, 0) is 6.54 Å². The van der Waals surface area contributed by atoms with Crippen LogP contribution >= 0.6 is 0 Å². The van der Waals surface area contributed by atoms with E-state index in [0.717, 1.165) is 31.7 Å². The smallest absolute Gasteiger partial charge is 0.252 e. The molecule has 0 spiro atoms. The maximum absolute atomic E-state index is 13.3. The highest BCUT2D eigenvalue weighted by Gasteiger charge is 2.18. The van der Waals surface area contributed by atoms with E-state index in [-0.39, 0.29) is 11.1 Å². The molecule has 1 saturated heterocycles. The predicted octanol–water partition coefficient (Wildman–Crippen LogP) is 1.10. The number of aromatic amines is 1. The number of nitrogens with zero attached hydrogens (tertiary/aromatic N) is 4. The Morgan fingerprint density at radius 2 is 2.04 bits per heavy atom. The number of hydrogen-bond donors (Lipinski definition) is 1. The Labute approximate surface area is 132 Å². The van der Waals surface area contributed by atoms with E-state index in [0.29, 0.717) is 12.4 Å². The van der Waals surface area contributed by atoms with E-state index < -0.39 is 5.82 Å². The molecule has 1 fully saturated rings. The van der Waals surface area contributed by atoms with Gasteiger partial charge in [0, 0.05) is 38.8 Å². The molecule has 0 saturated carbocycles. The molecule has 0 aliphatic carbocycles. The molecular weight excluding hydrogens is 297 g/mol. The fourth-order valence-electron chi connectivity index (χ4n) is 2.68. The fourth-order valence-corrected chi connectivity index (χ4v) is 2.68. The minimum Gasteiger partial charge on any atom is -0.354 e. The van der Waals surface area contributed by atoms with Crippen molar-refractivity contribution in [1.82, 2.24) is 14.9 Å². The van der Waals surface area contributed by atoms with Crippen molar-refractivity contribution in [2.24, 2.45) is 0 Å². The van der Waals surface area contributed by atoms with E-state index >= 15 is 0 Å². The lowest BCUT2D eigenvalue weighted by molar-refractivity contribution is 0.249. The molecule has 1 aliphatic rings. The van der Waals surface area contributed by atoms with Crippen molar-refractivity contribution in [3.05, 3.63) is 57.9 Å². The molecule has 0 bridgehead atoms. The number of nitriles is 1. The van der Waals surface area contributed by atoms with E-state index in [9.17, 15) is 9.18 Å². The second-order valence-corrected chi connectivity index (χ2v) is 5.46. The molecule has 0 amide bonds. The van der Waals surface area contributed by atoms with Gasteiger partial charge in [-0.2, -0.15) is 5.26 Å². The van der Waals surface area contributed by atoms with Crippen LogP contribution in [0.4, 0.5) is 10.2 Å². The van der Waals surface area contributed by atoms with Gasteiger partial charge in [0.2, 0.25) is 0 Å². The van der Waals surface area contributed by atoms with Crippen LogP contribution in [0.3, 0.4) is 0 Å². The first-order chi connectivity index (χ1) is 11.2. The molecule has 3 rings (SSSR count). The van der Waals surface area contributed by atoms with Gasteiger partial charge >= 0.3 is 0 Å². The van der Waals surface area contributed by atoms with E-state index in [1.807, 2.05) is 6.07 Å². The minimum atomic E-state index is -0.485. The summed E-state index contributed by atoms with van der Waals surface area (Å²) in [6, 6.07) is 8.00. The zero-order valence-electron chi connectivity index (χ0n) is 12.5. The average Bonchev–Trinajstić information content (AvgIpc) is 2.57. The first kappa shape index (κ1) is 15.2. The van der Waals surface area contributed by atoms with Gasteiger partial charge in [0.15, 0.2) is 0 Å². The summed E-state index contributed by atoms with van der Waals surface area (Å²) >= 11 is 0. The molecule has 2 heterocycles. The highest BCUT2D eigenvalue weighted by atomic mass is 19.1. The topological polar surface area (TPSA) is 76.0 Å². The lowest BCUT2D eigenvalue weighted by Gasteiger charge is -2.35. The predicted molar refractivity (Wildman–Crippen MR) is 83.5 cm³/mol. The molecule has 0 atom stereocenters. The van der Waals surface area contributed by atoms with Gasteiger partial charge in [-0.3, -0.25) is 9.69 Å². The Morgan fingerprint density at radius 3 is 2.74 bits per heavy atom. The highest BCUT2D eigenvalue weighted by Crippen LogP contribution is 2.15. The normalized spacial score (nSPS) is 15.4. The number of piperazine rings is 1. The highest BCUT2D eigenvalue weighted by molar-refractivity contribution is 5.37. The number of H-pyrrole nitrogens is 1. The van der Waals surface area contributed by atoms with Gasteiger partial charge in [0.1, 0.15) is 17.7 Å². The molecular formula is C16H16FN5O. The molecule has 118 valence electrons. The van der Waals surface area contributed by atoms with Crippen molar-refractivity contribution in [3.63, 3.8) is 0 Å². The van der Waals surface area contributed by atoms with Crippen molar-refractivity contribution in [2.45, 2.75) is 6.54 Å². The standard InChI is InChI=1S/C16H16FN5O/c17-14-2-1-12(7-13(14)9-18)10-21-3-5-22(6-4-21)15-8-16(23)20-11-19-15/h1-2,7-8,11H,3-6,10H2,(H,19,20,23). The Hall–Kier alpha value is -2.72. The third-order valence-corrected chi connectivity index (χ3v) is 3.92. The summed E-state index contributed by atoms with van der Waals surface area (Å²) in [5, 5.41) is 8.89. The third-order valence-electron chi connectivity index (χ3n) is 3.92. The Kier molecular flexibility index (Phi) is 4.35. The van der Waals surface area contributed by atoms with Gasteiger partial charge in [0.25, 0.3) is 5.56 Å². The molecule has 1 N–H and O–H groups in total. The number of rotatable bonds is 3. The molecule has 0 radical (unpaired) electrons. The van der Waals surface area contributed by atoms with Gasteiger partial charge in [-0.1, -0.05) is 6.07 Å². The Bertz CT molecular complexity index is 790. The largest absolute Gasteiger partial charge is 0.354 e. The monoisotopic (exact) mass is 313 g/mol. The number of hydrogen-bond acceptors (Lipinski definition) is 5. The van der Waals surface area contributed by atoms with Crippen LogP contribution in [0.2, 0.25) is 0 Å². The van der Waals surface area contributed by atoms with Gasteiger partial charge in [-0.15, -0.1) is 0 Å². The second-order valence-electron chi connectivity index (χ2n) is 5.46. The summed E-state index contributed by atoms with van der Waals surface area (Å²) in [6.07, 6.45) is 1.41. The summed E-state index contributed by atoms with van der Waals surface area (Å²) in [7, 11) is 0. The molecule has 2 aromatic rings. The molecule has 1 aromatic heterocycles. The van der Waals surface area contributed by atoms with Crippen molar-refractivity contribution >= 4 is 5.82 Å². The van der Waals surface area contributed by atoms with Crippen molar-refractivity contribution in [3.8, 4) is 6.07 Å². The van der Waals surface area contributed by atoms with Crippen LogP contribution in [-0.4, -0.2) is 41.0 Å². The first-order valence-corrected chi connectivity index (χ1v) is 7.36. The maximum Gasteiger partial charge on any atom is 0.252 e. The molecule has 6 nitrogen and oxygen atoms in total. The van der Waals surface area contributed by atoms with Gasteiger partial charge in [-0.05, 0) is 17.7 Å². The summed E-state index contributed by atoms with van der Waals surface area (Å²) < 4.78 is 13.3. The van der Waals surface area contributed by atoms with Crippen molar-refractivity contribution < 1.29 is 4.39 Å². The van der Waals surface area contributed by atoms with Crippen LogP contribution in [0, 0.1) is 17.1 Å². The van der Waals surface area contributed by atoms with Gasteiger partial charge in [0.05, 0.1) is 11.9 Å². The second kappa shape index (κ2) is 6.58. The Balaban J connectivity index is 1.61. The van der Waals surface area contributed by atoms with Crippen LogP contribution in [0.25, 0.3) is 0 Å². The maximum atomic E-state index is 13.3. The van der Waals surface area contributed by atoms with Crippen LogP contribution in [0.15, 0.2) is 35.4 Å². The lowest BCUT2D eigenvalue weighted by atomic mass is 10.1. The van der Waals surface area contributed by atoms with E-state index in [1.54, 1.807) is 12.1 Å². The lowest BCUT2D eigenvalue weighted by Crippen LogP contribution is -2.46. The van der Waals surface area contributed by atoms with Gasteiger partial charge < -0.3 is 9.88 Å². The number of nitrogens with one attached hydrogen (secondary N) is 1. The zero-order valence-corrected chi connectivity index (χ0v) is 12.5. The average molecular weight is 313 g/mol. The van der Waals surface area contributed by atoms with Crippen LogP contribution in [0.1, 0.15) is 11.1 Å². The van der Waals surface area contributed by atoms with E-state index in [2.05, 4.69) is 19.8 Å². The minimum absolute atomic E-state index is 0.0776. The Morgan fingerprint density at radius 1 is 1.26 bits per heavy atom. The summed E-state index contributed by atoms with van der Waals surface area (Å²) in [4.78, 5) is 22.3. The molecule has 1 aromatic carbocycles. The SMILES string of the molecule is N#Cc1cc(CN2CCN(c3cc(=O)[nH]cn3)CC2)ccc1F. The van der Waals surface area contributed by atoms with Crippen molar-refractivity contribution in [1.29, 1.82) is 5.26 Å². The van der Waals surface area contributed by atoms with Gasteiger partial charge in [-0.25, -0.2) is 9.37 Å². The number of halogens is 1. The molecule has 1 aliphatic heterocycles. The quantitative estimate of drug-likeness (QED) is 0.918. The van der Waals surface area contributed by atoms with Crippen LogP contribution < -0.4 is 10.5 Å². The third kappa shape index (κ3) is 3.55.